The van der Waals surface area contributed by atoms with Crippen LogP contribution in [0.5, 0.6) is 0 Å². The van der Waals surface area contributed by atoms with Crippen molar-refractivity contribution in [2.24, 2.45) is 0 Å². The van der Waals surface area contributed by atoms with Gasteiger partial charge in [0.1, 0.15) is 0 Å². The fraction of sp³-hybridized carbons (Fsp3) is 0.588. The number of benzene rings is 1. The number of hydrogen-bond acceptors (Lipinski definition) is 3. The number of amides is 1. The average molecular weight is 338 g/mol. The van der Waals surface area contributed by atoms with E-state index in [9.17, 15) is 13.2 Å². The van der Waals surface area contributed by atoms with Crippen molar-refractivity contribution in [1.29, 1.82) is 0 Å². The van der Waals surface area contributed by atoms with Crippen molar-refractivity contribution in [3.05, 3.63) is 35.9 Å². The van der Waals surface area contributed by atoms with E-state index in [1.807, 2.05) is 37.3 Å². The topological polar surface area (TPSA) is 66.5 Å². The Morgan fingerprint density at radius 2 is 1.83 bits per heavy atom. The highest BCUT2D eigenvalue weighted by Crippen LogP contribution is 2.18. The highest BCUT2D eigenvalue weighted by molar-refractivity contribution is 7.89. The number of rotatable bonds is 7. The molecule has 1 aliphatic rings. The standard InChI is InChI=1S/C17H26N2O3S/c1-15(16-8-4-2-5-9-16)14-17(20)18-10-13-23(21,22)19-11-6-3-7-12-19/h2,4-5,8-9,15H,3,6-7,10-14H2,1H3,(H,18,20). The minimum absolute atomic E-state index is 0.0154. The Hall–Kier alpha value is -1.40. The Bertz CT molecular complexity index is 596. The van der Waals surface area contributed by atoms with E-state index in [-0.39, 0.29) is 24.1 Å². The van der Waals surface area contributed by atoms with Gasteiger partial charge >= 0.3 is 0 Å². The molecule has 5 nitrogen and oxygen atoms in total. The third kappa shape index (κ3) is 5.62. The minimum Gasteiger partial charge on any atom is -0.355 e. The summed E-state index contributed by atoms with van der Waals surface area (Å²) < 4.78 is 25.9. The lowest BCUT2D eigenvalue weighted by Crippen LogP contribution is -2.40. The molecule has 1 unspecified atom stereocenters. The van der Waals surface area contributed by atoms with Gasteiger partial charge in [-0.05, 0) is 24.3 Å². The van der Waals surface area contributed by atoms with E-state index in [2.05, 4.69) is 5.32 Å². The van der Waals surface area contributed by atoms with Crippen LogP contribution >= 0.6 is 0 Å². The highest BCUT2D eigenvalue weighted by atomic mass is 32.2. The summed E-state index contributed by atoms with van der Waals surface area (Å²) >= 11 is 0. The van der Waals surface area contributed by atoms with E-state index in [4.69, 9.17) is 0 Å². The molecule has 0 bridgehead atoms. The first-order chi connectivity index (χ1) is 11.0. The Morgan fingerprint density at radius 3 is 2.48 bits per heavy atom. The zero-order chi connectivity index (χ0) is 16.7. The van der Waals surface area contributed by atoms with Crippen LogP contribution in [0.4, 0.5) is 0 Å². The van der Waals surface area contributed by atoms with Crippen molar-refractivity contribution >= 4 is 15.9 Å². The minimum atomic E-state index is -3.24. The summed E-state index contributed by atoms with van der Waals surface area (Å²) in [6, 6.07) is 9.85. The fourth-order valence-electron chi connectivity index (χ4n) is 2.84. The second-order valence-corrected chi connectivity index (χ2v) is 8.23. The van der Waals surface area contributed by atoms with Gasteiger partial charge in [-0.3, -0.25) is 4.79 Å². The van der Waals surface area contributed by atoms with E-state index in [1.54, 1.807) is 4.31 Å². The van der Waals surface area contributed by atoms with Crippen LogP contribution in [0.1, 0.15) is 44.1 Å². The predicted molar refractivity (Wildman–Crippen MR) is 91.7 cm³/mol. The molecule has 1 aromatic rings. The van der Waals surface area contributed by atoms with Gasteiger partial charge in [0.15, 0.2) is 0 Å². The number of nitrogens with one attached hydrogen (secondary N) is 1. The van der Waals surface area contributed by atoms with Crippen molar-refractivity contribution in [2.45, 2.75) is 38.5 Å². The SMILES string of the molecule is CC(CC(=O)NCCS(=O)(=O)N1CCCCC1)c1ccccc1. The number of hydrogen-bond donors (Lipinski definition) is 1. The summed E-state index contributed by atoms with van der Waals surface area (Å²) in [6.07, 6.45) is 3.33. The molecule has 128 valence electrons. The molecule has 6 heteroatoms. The molecule has 1 aromatic carbocycles. The van der Waals surface area contributed by atoms with Crippen molar-refractivity contribution in [3.8, 4) is 0 Å². The monoisotopic (exact) mass is 338 g/mol. The highest BCUT2D eigenvalue weighted by Gasteiger charge is 2.23. The van der Waals surface area contributed by atoms with Gasteiger partial charge in [0.05, 0.1) is 5.75 Å². The van der Waals surface area contributed by atoms with Crippen molar-refractivity contribution in [2.75, 3.05) is 25.4 Å². The molecule has 0 aliphatic carbocycles. The Kier molecular flexibility index (Phi) is 6.59. The number of carbonyl (C=O) groups is 1. The molecule has 0 aromatic heterocycles. The largest absolute Gasteiger partial charge is 0.355 e. The van der Waals surface area contributed by atoms with Crippen molar-refractivity contribution in [3.63, 3.8) is 0 Å². The molecule has 0 saturated carbocycles. The Morgan fingerprint density at radius 1 is 1.17 bits per heavy atom. The van der Waals surface area contributed by atoms with Gasteiger partial charge in [-0.15, -0.1) is 0 Å². The summed E-state index contributed by atoms with van der Waals surface area (Å²) in [5.41, 5.74) is 1.11. The molecule has 1 amide bonds. The maximum atomic E-state index is 12.2. The maximum Gasteiger partial charge on any atom is 0.220 e. The molecule has 1 aliphatic heterocycles. The Labute approximate surface area is 139 Å². The van der Waals surface area contributed by atoms with Crippen molar-refractivity contribution < 1.29 is 13.2 Å². The number of carbonyl (C=O) groups excluding carboxylic acids is 1. The molecule has 2 rings (SSSR count). The normalized spacial score (nSPS) is 17.6. The summed E-state index contributed by atoms with van der Waals surface area (Å²) in [7, 11) is -3.24. The van der Waals surface area contributed by atoms with Gasteiger partial charge < -0.3 is 5.32 Å². The molecule has 1 N–H and O–H groups in total. The first-order valence-corrected chi connectivity index (χ1v) is 9.89. The summed E-state index contributed by atoms with van der Waals surface area (Å²) in [5.74, 6) is 0.00319. The summed E-state index contributed by atoms with van der Waals surface area (Å²) in [4.78, 5) is 12.0. The third-order valence-electron chi connectivity index (χ3n) is 4.25. The van der Waals surface area contributed by atoms with Gasteiger partial charge in [0.25, 0.3) is 0 Å². The van der Waals surface area contributed by atoms with Crippen LogP contribution < -0.4 is 5.32 Å². The average Bonchev–Trinajstić information content (AvgIpc) is 2.56. The van der Waals surface area contributed by atoms with Gasteiger partial charge in [-0.1, -0.05) is 43.7 Å². The van der Waals surface area contributed by atoms with Crippen LogP contribution in [0.2, 0.25) is 0 Å². The van der Waals surface area contributed by atoms with Crippen molar-refractivity contribution in [1.82, 2.24) is 9.62 Å². The van der Waals surface area contributed by atoms with Crippen LogP contribution in [0.15, 0.2) is 30.3 Å². The lowest BCUT2D eigenvalue weighted by molar-refractivity contribution is -0.121. The number of nitrogens with zero attached hydrogens (tertiary/aromatic N) is 1. The van der Waals surface area contributed by atoms with E-state index in [1.165, 1.54) is 0 Å². The quantitative estimate of drug-likeness (QED) is 0.828. The lowest BCUT2D eigenvalue weighted by Gasteiger charge is -2.25. The van der Waals surface area contributed by atoms with Gasteiger partial charge in [0.2, 0.25) is 15.9 Å². The molecular weight excluding hydrogens is 312 g/mol. The first kappa shape index (κ1) is 17.9. The molecule has 1 heterocycles. The van der Waals surface area contributed by atoms with E-state index in [0.29, 0.717) is 19.5 Å². The maximum absolute atomic E-state index is 12.2. The molecule has 1 saturated heterocycles. The van der Waals surface area contributed by atoms with Gasteiger partial charge in [-0.2, -0.15) is 0 Å². The third-order valence-corrected chi connectivity index (χ3v) is 6.12. The molecule has 0 radical (unpaired) electrons. The zero-order valence-corrected chi connectivity index (χ0v) is 14.5. The molecular formula is C17H26N2O3S. The lowest BCUT2D eigenvalue weighted by atomic mass is 9.98. The van der Waals surface area contributed by atoms with Crippen LogP contribution in [-0.4, -0.2) is 44.0 Å². The predicted octanol–water partition coefficient (Wildman–Crippen LogP) is 2.11. The second-order valence-electron chi connectivity index (χ2n) is 6.14. The number of sulfonamides is 1. The van der Waals surface area contributed by atoms with Gasteiger partial charge in [0, 0.05) is 26.1 Å². The van der Waals surface area contributed by atoms with Crippen LogP contribution in [0.3, 0.4) is 0 Å². The zero-order valence-electron chi connectivity index (χ0n) is 13.7. The van der Waals surface area contributed by atoms with Crippen LogP contribution in [0, 0.1) is 0 Å². The van der Waals surface area contributed by atoms with E-state index in [0.717, 1.165) is 24.8 Å². The molecule has 1 atom stereocenters. The van der Waals surface area contributed by atoms with E-state index < -0.39 is 10.0 Å². The van der Waals surface area contributed by atoms with E-state index >= 15 is 0 Å². The molecule has 0 spiro atoms. The fourth-order valence-corrected chi connectivity index (χ4v) is 4.27. The summed E-state index contributed by atoms with van der Waals surface area (Å²) in [5, 5.41) is 2.73. The Balaban J connectivity index is 1.74. The second kappa shape index (κ2) is 8.45. The first-order valence-electron chi connectivity index (χ1n) is 8.28. The number of piperidine rings is 1. The smallest absolute Gasteiger partial charge is 0.220 e. The molecule has 1 fully saturated rings. The van der Waals surface area contributed by atoms with Gasteiger partial charge in [-0.25, -0.2) is 12.7 Å². The summed E-state index contributed by atoms with van der Waals surface area (Å²) in [6.45, 7) is 3.40. The van der Waals surface area contributed by atoms with Crippen LogP contribution in [0.25, 0.3) is 0 Å². The van der Waals surface area contributed by atoms with Crippen LogP contribution in [-0.2, 0) is 14.8 Å². The molecule has 23 heavy (non-hydrogen) atoms.